The molecule has 0 aliphatic heterocycles. The Kier molecular flexibility index (Phi) is 3.40. The summed E-state index contributed by atoms with van der Waals surface area (Å²) in [6.45, 7) is 1.77. The van der Waals surface area contributed by atoms with Gasteiger partial charge in [0, 0.05) is 16.1 Å². The lowest BCUT2D eigenvalue weighted by atomic mass is 10.1. The third-order valence-electron chi connectivity index (χ3n) is 3.17. The molecular formula is C16H10BrClO2. The molecule has 0 bridgehead atoms. The van der Waals surface area contributed by atoms with Gasteiger partial charge in [0.15, 0.2) is 11.0 Å². The Hall–Kier alpha value is -1.58. The van der Waals surface area contributed by atoms with E-state index in [9.17, 15) is 4.79 Å². The lowest BCUT2D eigenvalue weighted by Gasteiger charge is -2.08. The Morgan fingerprint density at radius 3 is 2.55 bits per heavy atom. The van der Waals surface area contributed by atoms with Crippen molar-refractivity contribution in [1.82, 2.24) is 0 Å². The molecule has 100 valence electrons. The van der Waals surface area contributed by atoms with Crippen LogP contribution in [0.5, 0.6) is 0 Å². The largest absolute Gasteiger partial charge is 0.454 e. The Labute approximate surface area is 129 Å². The van der Waals surface area contributed by atoms with Gasteiger partial charge in [0.05, 0.1) is 9.86 Å². The molecule has 0 amide bonds. The van der Waals surface area contributed by atoms with Crippen LogP contribution in [0.3, 0.4) is 0 Å². The average Bonchev–Trinajstić information content (AvgIpc) is 2.44. The summed E-state index contributed by atoms with van der Waals surface area (Å²) in [5, 5.41) is 0.991. The number of rotatable bonds is 1. The van der Waals surface area contributed by atoms with Gasteiger partial charge in [-0.05, 0) is 35.0 Å². The minimum atomic E-state index is -0.0618. The first kappa shape index (κ1) is 13.4. The quantitative estimate of drug-likeness (QED) is 0.605. The van der Waals surface area contributed by atoms with Crippen LogP contribution in [0.25, 0.3) is 22.3 Å². The smallest absolute Gasteiger partial charge is 0.196 e. The molecule has 0 saturated carbocycles. The van der Waals surface area contributed by atoms with E-state index in [0.29, 0.717) is 31.8 Å². The van der Waals surface area contributed by atoms with Gasteiger partial charge in [-0.1, -0.05) is 41.9 Å². The van der Waals surface area contributed by atoms with E-state index in [1.807, 2.05) is 30.3 Å². The minimum Gasteiger partial charge on any atom is -0.454 e. The average molecular weight is 350 g/mol. The maximum atomic E-state index is 12.5. The van der Waals surface area contributed by atoms with Crippen molar-refractivity contribution in [3.63, 3.8) is 0 Å². The van der Waals surface area contributed by atoms with Gasteiger partial charge >= 0.3 is 0 Å². The maximum absolute atomic E-state index is 12.5. The highest BCUT2D eigenvalue weighted by atomic mass is 79.9. The molecule has 0 saturated heterocycles. The Balaban J connectivity index is 2.42. The van der Waals surface area contributed by atoms with Crippen LogP contribution in [0.1, 0.15) is 5.56 Å². The van der Waals surface area contributed by atoms with Crippen LogP contribution >= 0.6 is 27.5 Å². The normalized spacial score (nSPS) is 10.9. The van der Waals surface area contributed by atoms with Crippen molar-refractivity contribution in [3.8, 4) is 11.3 Å². The third kappa shape index (κ3) is 2.17. The zero-order valence-electron chi connectivity index (χ0n) is 10.6. The van der Waals surface area contributed by atoms with Gasteiger partial charge in [-0.2, -0.15) is 0 Å². The molecule has 3 rings (SSSR count). The second kappa shape index (κ2) is 5.08. The summed E-state index contributed by atoms with van der Waals surface area (Å²) in [5.41, 5.74) is 1.92. The van der Waals surface area contributed by atoms with Crippen molar-refractivity contribution >= 4 is 38.5 Å². The molecule has 1 heterocycles. The summed E-state index contributed by atoms with van der Waals surface area (Å²) in [6, 6.07) is 12.9. The number of benzene rings is 2. The number of hydrogen-bond donors (Lipinski definition) is 0. The van der Waals surface area contributed by atoms with E-state index in [4.69, 9.17) is 16.0 Å². The van der Waals surface area contributed by atoms with Gasteiger partial charge in [0.2, 0.25) is 0 Å². The summed E-state index contributed by atoms with van der Waals surface area (Å²) in [4.78, 5) is 12.5. The fourth-order valence-electron chi connectivity index (χ4n) is 2.18. The van der Waals surface area contributed by atoms with E-state index in [-0.39, 0.29) is 5.43 Å². The fraction of sp³-hybridized carbons (Fsp3) is 0.0625. The standard InChI is InChI=1S/C16H10BrClO2/c1-9-14(19)12-7-11(18)8-13(17)16(12)20-15(9)10-5-3-2-4-6-10/h2-8H,1H3. The number of halogens is 2. The lowest BCUT2D eigenvalue weighted by molar-refractivity contribution is 0.612. The summed E-state index contributed by atoms with van der Waals surface area (Å²) >= 11 is 9.39. The van der Waals surface area contributed by atoms with E-state index in [0.717, 1.165) is 5.56 Å². The summed E-state index contributed by atoms with van der Waals surface area (Å²) in [6.07, 6.45) is 0. The SMILES string of the molecule is Cc1c(-c2ccccc2)oc2c(Br)cc(Cl)cc2c1=O. The van der Waals surface area contributed by atoms with Gasteiger partial charge in [-0.15, -0.1) is 0 Å². The number of fused-ring (bicyclic) bond motifs is 1. The first-order valence-corrected chi connectivity index (χ1v) is 7.23. The monoisotopic (exact) mass is 348 g/mol. The van der Waals surface area contributed by atoms with Crippen LogP contribution in [0.2, 0.25) is 5.02 Å². The molecule has 0 aliphatic carbocycles. The highest BCUT2D eigenvalue weighted by Gasteiger charge is 2.14. The second-order valence-corrected chi connectivity index (χ2v) is 5.81. The molecule has 0 aliphatic rings. The van der Waals surface area contributed by atoms with Crippen LogP contribution in [-0.2, 0) is 0 Å². The molecule has 1 aromatic heterocycles. The summed E-state index contributed by atoms with van der Waals surface area (Å²) < 4.78 is 6.61. The predicted molar refractivity (Wildman–Crippen MR) is 85.4 cm³/mol. The van der Waals surface area contributed by atoms with Gasteiger partial charge in [0.1, 0.15) is 5.76 Å². The van der Waals surface area contributed by atoms with Crippen molar-refractivity contribution in [1.29, 1.82) is 0 Å². The van der Waals surface area contributed by atoms with E-state index in [2.05, 4.69) is 15.9 Å². The van der Waals surface area contributed by atoms with Crippen LogP contribution in [0.15, 0.2) is 56.1 Å². The molecule has 4 heteroatoms. The Morgan fingerprint density at radius 1 is 1.15 bits per heavy atom. The predicted octanol–water partition coefficient (Wildman–Crippen LogP) is 5.18. The van der Waals surface area contributed by atoms with Crippen LogP contribution in [-0.4, -0.2) is 0 Å². The van der Waals surface area contributed by atoms with E-state index in [1.165, 1.54) is 0 Å². The molecule has 0 N–H and O–H groups in total. The highest BCUT2D eigenvalue weighted by Crippen LogP contribution is 2.31. The Morgan fingerprint density at radius 2 is 1.85 bits per heavy atom. The lowest BCUT2D eigenvalue weighted by Crippen LogP contribution is -2.07. The van der Waals surface area contributed by atoms with Gasteiger partial charge < -0.3 is 4.42 Å². The second-order valence-electron chi connectivity index (χ2n) is 4.52. The molecule has 0 fully saturated rings. The number of hydrogen-bond acceptors (Lipinski definition) is 2. The third-order valence-corrected chi connectivity index (χ3v) is 3.98. The van der Waals surface area contributed by atoms with Gasteiger partial charge in [0.25, 0.3) is 0 Å². The van der Waals surface area contributed by atoms with Crippen molar-refractivity contribution in [2.75, 3.05) is 0 Å². The minimum absolute atomic E-state index is 0.0618. The van der Waals surface area contributed by atoms with E-state index in [1.54, 1.807) is 19.1 Å². The zero-order valence-corrected chi connectivity index (χ0v) is 13.0. The summed E-state index contributed by atoms with van der Waals surface area (Å²) in [5.74, 6) is 0.589. The van der Waals surface area contributed by atoms with Gasteiger partial charge in [-0.25, -0.2) is 0 Å². The van der Waals surface area contributed by atoms with Crippen molar-refractivity contribution < 1.29 is 4.42 Å². The maximum Gasteiger partial charge on any atom is 0.196 e. The van der Waals surface area contributed by atoms with Crippen LogP contribution < -0.4 is 5.43 Å². The Bertz CT molecular complexity index is 854. The molecule has 2 nitrogen and oxygen atoms in total. The van der Waals surface area contributed by atoms with Gasteiger partial charge in [-0.3, -0.25) is 4.79 Å². The first-order valence-electron chi connectivity index (χ1n) is 6.06. The topological polar surface area (TPSA) is 30.2 Å². The molecule has 0 radical (unpaired) electrons. The van der Waals surface area contributed by atoms with Crippen LogP contribution in [0.4, 0.5) is 0 Å². The van der Waals surface area contributed by atoms with Crippen molar-refractivity contribution in [2.24, 2.45) is 0 Å². The first-order chi connectivity index (χ1) is 9.58. The molecular weight excluding hydrogens is 340 g/mol. The highest BCUT2D eigenvalue weighted by molar-refractivity contribution is 9.10. The molecule has 0 atom stereocenters. The van der Waals surface area contributed by atoms with Crippen LogP contribution in [0, 0.1) is 6.92 Å². The molecule has 2 aromatic carbocycles. The summed E-state index contributed by atoms with van der Waals surface area (Å²) in [7, 11) is 0. The van der Waals surface area contributed by atoms with E-state index < -0.39 is 0 Å². The van der Waals surface area contributed by atoms with E-state index >= 15 is 0 Å². The van der Waals surface area contributed by atoms with Crippen molar-refractivity contribution in [2.45, 2.75) is 6.92 Å². The molecule has 20 heavy (non-hydrogen) atoms. The zero-order chi connectivity index (χ0) is 14.3. The van der Waals surface area contributed by atoms with Crippen molar-refractivity contribution in [3.05, 3.63) is 67.7 Å². The fourth-order valence-corrected chi connectivity index (χ4v) is 3.07. The molecule has 0 spiro atoms. The molecule has 0 unspecified atom stereocenters. The molecule has 3 aromatic rings.